The predicted octanol–water partition coefficient (Wildman–Crippen LogP) is 6.01. The Morgan fingerprint density at radius 3 is 2.67 bits per heavy atom. The lowest BCUT2D eigenvalue weighted by atomic mass is 9.87. The average molecular weight is 313 g/mol. The molecule has 1 heteroatoms. The van der Waals surface area contributed by atoms with Crippen LogP contribution in [0.25, 0.3) is 10.8 Å². The zero-order valence-electron chi connectivity index (χ0n) is 14.3. The molecule has 0 radical (unpaired) electrons. The molecule has 0 spiro atoms. The number of benzene rings is 2. The molecular formula is C23H23N. The molecule has 0 bridgehead atoms. The molecule has 0 fully saturated rings. The highest BCUT2D eigenvalue weighted by Gasteiger charge is 2.21. The molecule has 0 aromatic heterocycles. The van der Waals surface area contributed by atoms with E-state index in [4.69, 9.17) is 0 Å². The topological polar surface area (TPSA) is 3.24 Å². The highest BCUT2D eigenvalue weighted by atomic mass is 15.2. The third-order valence-electron chi connectivity index (χ3n) is 4.87. The molecule has 2 aliphatic rings. The van der Waals surface area contributed by atoms with E-state index in [1.807, 2.05) is 0 Å². The summed E-state index contributed by atoms with van der Waals surface area (Å²) >= 11 is 0. The second-order valence-electron chi connectivity index (χ2n) is 6.85. The third kappa shape index (κ3) is 2.71. The Morgan fingerprint density at radius 1 is 1.00 bits per heavy atom. The van der Waals surface area contributed by atoms with Crippen molar-refractivity contribution in [1.82, 2.24) is 0 Å². The lowest BCUT2D eigenvalue weighted by Crippen LogP contribution is -2.30. The summed E-state index contributed by atoms with van der Waals surface area (Å²) in [7, 11) is 0. The van der Waals surface area contributed by atoms with Crippen LogP contribution >= 0.6 is 0 Å². The minimum atomic E-state index is 0.411. The van der Waals surface area contributed by atoms with E-state index in [0.717, 1.165) is 6.42 Å². The second kappa shape index (κ2) is 6.16. The molecule has 1 unspecified atom stereocenters. The molecule has 4 rings (SSSR count). The van der Waals surface area contributed by atoms with Crippen molar-refractivity contribution in [2.75, 3.05) is 4.90 Å². The van der Waals surface area contributed by atoms with Crippen molar-refractivity contribution in [3.05, 3.63) is 90.2 Å². The maximum Gasteiger partial charge on any atom is 0.0419 e. The summed E-state index contributed by atoms with van der Waals surface area (Å²) in [5.41, 5.74) is 3.99. The summed E-state index contributed by atoms with van der Waals surface area (Å²) in [5, 5.41) is 2.59. The SMILES string of the molecule is CC(C)N(C1=CCC2C=CC=CC2=C1)c1ccc2ccccc2c1. The Bertz CT molecular complexity index is 880. The minimum Gasteiger partial charge on any atom is -0.339 e. The molecule has 120 valence electrons. The standard InChI is InChI=1S/C23H23N/c1-17(2)24(22-13-11-18-7-3-5-9-20(18)15-22)23-14-12-19-8-4-6-10-21(19)16-23/h3-11,13-17,19H,12H2,1-2H3. The van der Waals surface area contributed by atoms with Crippen molar-refractivity contribution >= 4 is 16.5 Å². The first kappa shape index (κ1) is 15.0. The second-order valence-corrected chi connectivity index (χ2v) is 6.85. The summed E-state index contributed by atoms with van der Waals surface area (Å²) < 4.78 is 0. The van der Waals surface area contributed by atoms with Gasteiger partial charge in [-0.15, -0.1) is 0 Å². The zero-order chi connectivity index (χ0) is 16.5. The molecule has 2 aliphatic carbocycles. The van der Waals surface area contributed by atoms with E-state index in [1.54, 1.807) is 0 Å². The quantitative estimate of drug-likeness (QED) is 0.670. The first-order valence-electron chi connectivity index (χ1n) is 8.77. The molecule has 0 saturated carbocycles. The average Bonchev–Trinajstić information content (AvgIpc) is 2.61. The van der Waals surface area contributed by atoms with E-state index in [0.29, 0.717) is 12.0 Å². The summed E-state index contributed by atoms with van der Waals surface area (Å²) in [6.45, 7) is 4.52. The van der Waals surface area contributed by atoms with E-state index >= 15 is 0 Å². The van der Waals surface area contributed by atoms with Gasteiger partial charge in [0, 0.05) is 23.3 Å². The van der Waals surface area contributed by atoms with Crippen LogP contribution in [0.2, 0.25) is 0 Å². The molecule has 1 atom stereocenters. The number of nitrogens with zero attached hydrogens (tertiary/aromatic N) is 1. The van der Waals surface area contributed by atoms with Gasteiger partial charge in [0.1, 0.15) is 0 Å². The molecule has 0 aliphatic heterocycles. The van der Waals surface area contributed by atoms with Crippen molar-refractivity contribution in [2.45, 2.75) is 26.3 Å². The van der Waals surface area contributed by atoms with Crippen molar-refractivity contribution in [3.63, 3.8) is 0 Å². The van der Waals surface area contributed by atoms with Crippen molar-refractivity contribution in [2.24, 2.45) is 5.92 Å². The number of hydrogen-bond donors (Lipinski definition) is 0. The largest absolute Gasteiger partial charge is 0.339 e. The van der Waals surface area contributed by atoms with Gasteiger partial charge in [-0.05, 0) is 54.8 Å². The highest BCUT2D eigenvalue weighted by molar-refractivity contribution is 5.86. The van der Waals surface area contributed by atoms with E-state index in [9.17, 15) is 0 Å². The van der Waals surface area contributed by atoms with Crippen LogP contribution in [0.1, 0.15) is 20.3 Å². The van der Waals surface area contributed by atoms with Crippen LogP contribution < -0.4 is 4.90 Å². The summed E-state index contributed by atoms with van der Waals surface area (Å²) in [6.07, 6.45) is 14.7. The fourth-order valence-corrected chi connectivity index (χ4v) is 3.69. The Balaban J connectivity index is 1.74. The zero-order valence-corrected chi connectivity index (χ0v) is 14.3. The van der Waals surface area contributed by atoms with Crippen molar-refractivity contribution in [1.29, 1.82) is 0 Å². The van der Waals surface area contributed by atoms with Gasteiger partial charge in [0.2, 0.25) is 0 Å². The van der Waals surface area contributed by atoms with Gasteiger partial charge in [0.25, 0.3) is 0 Å². The van der Waals surface area contributed by atoms with Gasteiger partial charge in [0.15, 0.2) is 0 Å². The van der Waals surface area contributed by atoms with Gasteiger partial charge in [-0.1, -0.05) is 60.7 Å². The molecular weight excluding hydrogens is 290 g/mol. The molecule has 0 N–H and O–H groups in total. The van der Waals surface area contributed by atoms with Gasteiger partial charge in [-0.25, -0.2) is 0 Å². The van der Waals surface area contributed by atoms with Gasteiger partial charge < -0.3 is 4.90 Å². The Labute approximate surface area is 144 Å². The smallest absolute Gasteiger partial charge is 0.0419 e. The van der Waals surface area contributed by atoms with Gasteiger partial charge in [-0.3, -0.25) is 0 Å². The summed E-state index contributed by atoms with van der Waals surface area (Å²) in [5.74, 6) is 0.546. The molecule has 2 aromatic rings. The highest BCUT2D eigenvalue weighted by Crippen LogP contribution is 2.34. The van der Waals surface area contributed by atoms with Crippen LogP contribution in [0.5, 0.6) is 0 Å². The normalized spacial score (nSPS) is 19.2. The Hall–Kier alpha value is -2.54. The van der Waals surface area contributed by atoms with E-state index < -0.39 is 0 Å². The molecule has 0 heterocycles. The first-order valence-corrected chi connectivity index (χ1v) is 8.77. The maximum atomic E-state index is 2.45. The Kier molecular flexibility index (Phi) is 3.86. The maximum absolute atomic E-state index is 2.45. The van der Waals surface area contributed by atoms with Crippen LogP contribution in [0, 0.1) is 5.92 Å². The number of fused-ring (bicyclic) bond motifs is 2. The van der Waals surface area contributed by atoms with Crippen LogP contribution in [0.15, 0.2) is 90.2 Å². The van der Waals surface area contributed by atoms with E-state index in [-0.39, 0.29) is 0 Å². The molecule has 2 aromatic carbocycles. The Morgan fingerprint density at radius 2 is 1.83 bits per heavy atom. The number of allylic oxidation sites excluding steroid dienone is 7. The lowest BCUT2D eigenvalue weighted by molar-refractivity contribution is 0.724. The van der Waals surface area contributed by atoms with Crippen LogP contribution in [-0.4, -0.2) is 6.04 Å². The van der Waals surface area contributed by atoms with Crippen LogP contribution in [0.3, 0.4) is 0 Å². The predicted molar refractivity (Wildman–Crippen MR) is 104 cm³/mol. The van der Waals surface area contributed by atoms with E-state index in [2.05, 4.69) is 97.7 Å². The molecule has 0 saturated heterocycles. The molecule has 1 nitrogen and oxygen atoms in total. The van der Waals surface area contributed by atoms with Gasteiger partial charge in [-0.2, -0.15) is 0 Å². The van der Waals surface area contributed by atoms with Crippen LogP contribution in [-0.2, 0) is 0 Å². The summed E-state index contributed by atoms with van der Waals surface area (Å²) in [4.78, 5) is 2.45. The fraction of sp³-hybridized carbons (Fsp3) is 0.217. The van der Waals surface area contributed by atoms with Crippen molar-refractivity contribution < 1.29 is 0 Å². The molecule has 0 amide bonds. The van der Waals surface area contributed by atoms with Crippen molar-refractivity contribution in [3.8, 4) is 0 Å². The lowest BCUT2D eigenvalue weighted by Gasteiger charge is -2.33. The van der Waals surface area contributed by atoms with Gasteiger partial charge >= 0.3 is 0 Å². The van der Waals surface area contributed by atoms with E-state index in [1.165, 1.54) is 27.7 Å². The minimum absolute atomic E-state index is 0.411. The first-order chi connectivity index (χ1) is 11.7. The van der Waals surface area contributed by atoms with Crippen LogP contribution in [0.4, 0.5) is 5.69 Å². The third-order valence-corrected chi connectivity index (χ3v) is 4.87. The number of hydrogen-bond acceptors (Lipinski definition) is 1. The number of anilines is 1. The summed E-state index contributed by atoms with van der Waals surface area (Å²) in [6, 6.07) is 15.7. The number of rotatable bonds is 3. The van der Waals surface area contributed by atoms with Gasteiger partial charge in [0.05, 0.1) is 0 Å². The molecule has 24 heavy (non-hydrogen) atoms. The fourth-order valence-electron chi connectivity index (χ4n) is 3.69. The monoisotopic (exact) mass is 313 g/mol.